The van der Waals surface area contributed by atoms with E-state index in [9.17, 15) is 9.59 Å². The molecule has 2 N–H and O–H groups in total. The Morgan fingerprint density at radius 2 is 1.85 bits per heavy atom. The minimum absolute atomic E-state index is 0.0641. The number of hydrogen-bond acceptors (Lipinski definition) is 4. The fraction of sp³-hybridized carbons (Fsp3) is 0.0526. The summed E-state index contributed by atoms with van der Waals surface area (Å²) in [5.74, 6) is -0.974. The van der Waals surface area contributed by atoms with E-state index in [-0.39, 0.29) is 17.9 Å². The quantitative estimate of drug-likeness (QED) is 0.638. The fourth-order valence-corrected chi connectivity index (χ4v) is 3.25. The minimum Gasteiger partial charge on any atom is -0.484 e. The Bertz CT molecular complexity index is 937. The van der Waals surface area contributed by atoms with E-state index < -0.39 is 11.9 Å². The molecule has 3 rings (SSSR count). The van der Waals surface area contributed by atoms with Gasteiger partial charge < -0.3 is 15.2 Å². The summed E-state index contributed by atoms with van der Waals surface area (Å²) in [6, 6.07) is 14.8. The SMILES string of the molecule is O=C(COc1ccc(-c2cccc(Cl)c2)cc1)Nc1cscc1C(=O)O. The number of amides is 1. The molecule has 0 radical (unpaired) electrons. The van der Waals surface area contributed by atoms with Gasteiger partial charge in [-0.2, -0.15) is 0 Å². The Labute approximate surface area is 158 Å². The van der Waals surface area contributed by atoms with Crippen molar-refractivity contribution in [2.75, 3.05) is 11.9 Å². The number of carbonyl (C=O) groups excluding carboxylic acids is 1. The van der Waals surface area contributed by atoms with Crippen molar-refractivity contribution in [3.8, 4) is 16.9 Å². The van der Waals surface area contributed by atoms with Gasteiger partial charge in [0.05, 0.1) is 11.3 Å². The Balaban J connectivity index is 1.58. The molecule has 0 saturated carbocycles. The topological polar surface area (TPSA) is 75.6 Å². The van der Waals surface area contributed by atoms with Crippen LogP contribution < -0.4 is 10.1 Å². The van der Waals surface area contributed by atoms with E-state index in [4.69, 9.17) is 21.4 Å². The number of carboxylic acid groups (broad SMARTS) is 1. The average molecular weight is 388 g/mol. The first-order chi connectivity index (χ1) is 12.5. The first-order valence-electron chi connectivity index (χ1n) is 7.61. The molecule has 0 fully saturated rings. The molecule has 0 unspecified atom stereocenters. The van der Waals surface area contributed by atoms with Gasteiger partial charge in [-0.05, 0) is 35.4 Å². The molecule has 1 aromatic heterocycles. The molecule has 3 aromatic rings. The van der Waals surface area contributed by atoms with E-state index in [1.54, 1.807) is 17.5 Å². The van der Waals surface area contributed by atoms with E-state index in [1.165, 1.54) is 16.7 Å². The molecular weight excluding hydrogens is 374 g/mol. The van der Waals surface area contributed by atoms with Crippen LogP contribution in [0.4, 0.5) is 5.69 Å². The van der Waals surface area contributed by atoms with Crippen molar-refractivity contribution in [1.82, 2.24) is 0 Å². The molecule has 132 valence electrons. The molecular formula is C19H14ClNO4S. The Morgan fingerprint density at radius 3 is 2.54 bits per heavy atom. The van der Waals surface area contributed by atoms with Gasteiger partial charge in [-0.3, -0.25) is 4.79 Å². The van der Waals surface area contributed by atoms with Crippen LogP contribution in [0.15, 0.2) is 59.3 Å². The highest BCUT2D eigenvalue weighted by Crippen LogP contribution is 2.25. The highest BCUT2D eigenvalue weighted by molar-refractivity contribution is 7.08. The number of aromatic carboxylic acids is 1. The molecule has 26 heavy (non-hydrogen) atoms. The van der Waals surface area contributed by atoms with Crippen molar-refractivity contribution < 1.29 is 19.4 Å². The Morgan fingerprint density at radius 1 is 1.08 bits per heavy atom. The molecule has 0 spiro atoms. The fourth-order valence-electron chi connectivity index (χ4n) is 2.31. The van der Waals surface area contributed by atoms with Crippen LogP contribution in [0.2, 0.25) is 5.02 Å². The number of hydrogen-bond donors (Lipinski definition) is 2. The molecule has 0 aliphatic heterocycles. The molecule has 1 amide bonds. The summed E-state index contributed by atoms with van der Waals surface area (Å²) in [4.78, 5) is 23.0. The largest absolute Gasteiger partial charge is 0.484 e. The van der Waals surface area contributed by atoms with E-state index >= 15 is 0 Å². The summed E-state index contributed by atoms with van der Waals surface area (Å²) in [6.45, 7) is -0.217. The summed E-state index contributed by atoms with van der Waals surface area (Å²) in [7, 11) is 0. The molecule has 2 aromatic carbocycles. The molecule has 1 heterocycles. The van der Waals surface area contributed by atoms with Crippen molar-refractivity contribution in [2.45, 2.75) is 0 Å². The van der Waals surface area contributed by atoms with Crippen LogP contribution in [-0.2, 0) is 4.79 Å². The van der Waals surface area contributed by atoms with Crippen molar-refractivity contribution in [1.29, 1.82) is 0 Å². The normalized spacial score (nSPS) is 10.3. The van der Waals surface area contributed by atoms with Gasteiger partial charge in [0.25, 0.3) is 5.91 Å². The number of ether oxygens (including phenoxy) is 1. The predicted octanol–water partition coefficient (Wildman–Crippen LogP) is 4.78. The number of benzene rings is 2. The zero-order chi connectivity index (χ0) is 18.5. The van der Waals surface area contributed by atoms with E-state index in [1.807, 2.05) is 36.4 Å². The first-order valence-corrected chi connectivity index (χ1v) is 8.93. The summed E-state index contributed by atoms with van der Waals surface area (Å²) in [5.41, 5.74) is 2.30. The van der Waals surface area contributed by atoms with Crippen LogP contribution in [-0.4, -0.2) is 23.6 Å². The van der Waals surface area contributed by atoms with Crippen LogP contribution in [0.1, 0.15) is 10.4 Å². The zero-order valence-corrected chi connectivity index (χ0v) is 15.0. The number of halogens is 1. The van der Waals surface area contributed by atoms with Gasteiger partial charge in [0, 0.05) is 15.8 Å². The summed E-state index contributed by atoms with van der Waals surface area (Å²) in [6.07, 6.45) is 0. The second-order valence-corrected chi connectivity index (χ2v) is 6.56. The van der Waals surface area contributed by atoms with Gasteiger partial charge in [0.1, 0.15) is 5.75 Å². The average Bonchev–Trinajstić information content (AvgIpc) is 3.09. The molecule has 0 bridgehead atoms. The third kappa shape index (κ3) is 4.41. The third-order valence-corrected chi connectivity index (χ3v) is 4.53. The van der Waals surface area contributed by atoms with E-state index in [0.717, 1.165) is 11.1 Å². The second-order valence-electron chi connectivity index (χ2n) is 5.38. The lowest BCUT2D eigenvalue weighted by molar-refractivity contribution is -0.118. The van der Waals surface area contributed by atoms with Crippen LogP contribution in [0.25, 0.3) is 11.1 Å². The number of thiophene rings is 1. The van der Waals surface area contributed by atoms with Crippen molar-refractivity contribution >= 4 is 40.5 Å². The number of nitrogens with one attached hydrogen (secondary N) is 1. The van der Waals surface area contributed by atoms with Gasteiger partial charge in [-0.1, -0.05) is 35.9 Å². The van der Waals surface area contributed by atoms with Crippen molar-refractivity contribution in [3.05, 3.63) is 69.9 Å². The highest BCUT2D eigenvalue weighted by Gasteiger charge is 2.13. The van der Waals surface area contributed by atoms with Gasteiger partial charge in [0.15, 0.2) is 6.61 Å². The van der Waals surface area contributed by atoms with Gasteiger partial charge in [0.2, 0.25) is 0 Å². The van der Waals surface area contributed by atoms with Gasteiger partial charge >= 0.3 is 5.97 Å². The maximum atomic E-state index is 11.9. The molecule has 5 nitrogen and oxygen atoms in total. The highest BCUT2D eigenvalue weighted by atomic mass is 35.5. The maximum absolute atomic E-state index is 11.9. The number of carboxylic acids is 1. The summed E-state index contributed by atoms with van der Waals surface area (Å²) < 4.78 is 5.45. The lowest BCUT2D eigenvalue weighted by atomic mass is 10.1. The lowest BCUT2D eigenvalue weighted by Crippen LogP contribution is -2.21. The Hall–Kier alpha value is -2.83. The summed E-state index contributed by atoms with van der Waals surface area (Å²) >= 11 is 7.20. The number of anilines is 1. The molecule has 0 aliphatic carbocycles. The standard InChI is InChI=1S/C19H14ClNO4S/c20-14-3-1-2-13(8-14)12-4-6-15(7-5-12)25-9-18(22)21-17-11-26-10-16(17)19(23)24/h1-8,10-11H,9H2,(H,21,22)(H,23,24). The Kier molecular flexibility index (Phi) is 5.55. The lowest BCUT2D eigenvalue weighted by Gasteiger charge is -2.08. The van der Waals surface area contributed by atoms with Crippen LogP contribution in [0, 0.1) is 0 Å². The molecule has 0 saturated heterocycles. The number of rotatable bonds is 6. The van der Waals surface area contributed by atoms with E-state index in [0.29, 0.717) is 10.8 Å². The van der Waals surface area contributed by atoms with Crippen molar-refractivity contribution in [2.24, 2.45) is 0 Å². The van der Waals surface area contributed by atoms with Crippen LogP contribution in [0.5, 0.6) is 5.75 Å². The smallest absolute Gasteiger partial charge is 0.338 e. The van der Waals surface area contributed by atoms with Gasteiger partial charge in [-0.15, -0.1) is 11.3 Å². The minimum atomic E-state index is -1.08. The zero-order valence-electron chi connectivity index (χ0n) is 13.4. The molecule has 0 atom stereocenters. The summed E-state index contributed by atoms with van der Waals surface area (Å²) in [5, 5.41) is 15.3. The van der Waals surface area contributed by atoms with Crippen molar-refractivity contribution in [3.63, 3.8) is 0 Å². The molecule has 7 heteroatoms. The number of carbonyl (C=O) groups is 2. The maximum Gasteiger partial charge on any atom is 0.338 e. The van der Waals surface area contributed by atoms with Crippen LogP contribution in [0.3, 0.4) is 0 Å². The first kappa shape index (κ1) is 18.0. The predicted molar refractivity (Wildman–Crippen MR) is 102 cm³/mol. The second kappa shape index (κ2) is 8.03. The van der Waals surface area contributed by atoms with E-state index in [2.05, 4.69) is 5.32 Å². The third-order valence-electron chi connectivity index (χ3n) is 3.55. The van der Waals surface area contributed by atoms with Gasteiger partial charge in [-0.25, -0.2) is 4.79 Å². The van der Waals surface area contributed by atoms with Crippen LogP contribution >= 0.6 is 22.9 Å². The monoisotopic (exact) mass is 387 g/mol. The molecule has 0 aliphatic rings.